The van der Waals surface area contributed by atoms with Crippen molar-refractivity contribution in [3.63, 3.8) is 0 Å². The van der Waals surface area contributed by atoms with Crippen molar-refractivity contribution >= 4 is 0 Å². The molecule has 0 amide bonds. The Morgan fingerprint density at radius 2 is 2.06 bits per heavy atom. The van der Waals surface area contributed by atoms with E-state index in [2.05, 4.69) is 0 Å². The van der Waals surface area contributed by atoms with Crippen molar-refractivity contribution in [3.8, 4) is 11.5 Å². The molecule has 0 unspecified atom stereocenters. The van der Waals surface area contributed by atoms with Gasteiger partial charge < -0.3 is 19.7 Å². The maximum Gasteiger partial charge on any atom is 0.197 e. The molecule has 1 aliphatic rings. The molecule has 94 valence electrons. The van der Waals surface area contributed by atoms with Gasteiger partial charge in [-0.25, -0.2) is 4.39 Å². The van der Waals surface area contributed by atoms with E-state index < -0.39 is 11.9 Å². The van der Waals surface area contributed by atoms with Crippen molar-refractivity contribution in [1.82, 2.24) is 0 Å². The van der Waals surface area contributed by atoms with E-state index in [9.17, 15) is 9.50 Å². The highest BCUT2D eigenvalue weighted by molar-refractivity contribution is 5.45. The quantitative estimate of drug-likeness (QED) is 0.837. The van der Waals surface area contributed by atoms with Crippen LogP contribution in [0, 0.1) is 11.7 Å². The van der Waals surface area contributed by atoms with E-state index in [0.29, 0.717) is 24.5 Å². The minimum absolute atomic E-state index is 0.0869. The van der Waals surface area contributed by atoms with Crippen LogP contribution >= 0.6 is 0 Å². The number of fused-ring (bicyclic) bond motifs is 1. The highest BCUT2D eigenvalue weighted by atomic mass is 19.1. The van der Waals surface area contributed by atoms with Crippen LogP contribution in [-0.4, -0.2) is 30.0 Å². The summed E-state index contributed by atoms with van der Waals surface area (Å²) in [4.78, 5) is 0. The van der Waals surface area contributed by atoms with Gasteiger partial charge in [0.2, 0.25) is 0 Å². The maximum absolute atomic E-state index is 13.7. The maximum atomic E-state index is 13.7. The van der Waals surface area contributed by atoms with Gasteiger partial charge in [0.25, 0.3) is 0 Å². The molecule has 1 aromatic carbocycles. The molecule has 0 fully saturated rings. The summed E-state index contributed by atoms with van der Waals surface area (Å²) in [6.07, 6.45) is -0.926. The third-order valence-electron chi connectivity index (χ3n) is 2.79. The molecule has 0 radical (unpaired) electrons. The Bertz CT molecular complexity index is 408. The average Bonchev–Trinajstić information content (AvgIpc) is 2.37. The second-order valence-corrected chi connectivity index (χ2v) is 4.13. The first kappa shape index (κ1) is 12.1. The zero-order valence-corrected chi connectivity index (χ0v) is 9.52. The lowest BCUT2D eigenvalue weighted by Gasteiger charge is -2.22. The Morgan fingerprint density at radius 1 is 1.35 bits per heavy atom. The van der Waals surface area contributed by atoms with Crippen molar-refractivity contribution < 1.29 is 24.1 Å². The van der Waals surface area contributed by atoms with Crippen molar-refractivity contribution in [2.24, 2.45) is 5.92 Å². The van der Waals surface area contributed by atoms with Crippen LogP contribution in [0.3, 0.4) is 0 Å². The second-order valence-electron chi connectivity index (χ2n) is 4.13. The lowest BCUT2D eigenvalue weighted by Crippen LogP contribution is -2.18. The van der Waals surface area contributed by atoms with Crippen LogP contribution in [0.2, 0.25) is 0 Å². The Kier molecular flexibility index (Phi) is 3.49. The molecule has 2 rings (SSSR count). The van der Waals surface area contributed by atoms with Crippen LogP contribution in [0.15, 0.2) is 12.1 Å². The van der Waals surface area contributed by atoms with E-state index in [1.165, 1.54) is 6.07 Å². The van der Waals surface area contributed by atoms with Gasteiger partial charge >= 0.3 is 0 Å². The van der Waals surface area contributed by atoms with Gasteiger partial charge in [-0.05, 0) is 17.7 Å². The summed E-state index contributed by atoms with van der Waals surface area (Å²) in [5, 5.41) is 18.9. The molecule has 1 aliphatic heterocycles. The third-order valence-corrected chi connectivity index (χ3v) is 2.79. The zero-order valence-electron chi connectivity index (χ0n) is 9.52. The van der Waals surface area contributed by atoms with Gasteiger partial charge in [0.05, 0.1) is 6.10 Å². The summed E-state index contributed by atoms with van der Waals surface area (Å²) in [5.41, 5.74) is 0.383. The molecule has 0 saturated heterocycles. The average molecular weight is 242 g/mol. The normalized spacial score (nSPS) is 17.6. The summed E-state index contributed by atoms with van der Waals surface area (Å²) in [6.45, 7) is 2.19. The Balaban J connectivity index is 2.33. The number of benzene rings is 1. The Morgan fingerprint density at radius 3 is 2.76 bits per heavy atom. The molecule has 0 spiro atoms. The van der Waals surface area contributed by atoms with Gasteiger partial charge in [-0.2, -0.15) is 0 Å². The third kappa shape index (κ3) is 2.35. The number of hydrogen-bond acceptors (Lipinski definition) is 4. The molecule has 2 N–H and O–H groups in total. The molecule has 0 aliphatic carbocycles. The van der Waals surface area contributed by atoms with E-state index in [1.54, 1.807) is 13.0 Å². The molecule has 0 bridgehead atoms. The van der Waals surface area contributed by atoms with Gasteiger partial charge in [-0.1, -0.05) is 6.92 Å². The number of rotatable bonds is 3. The van der Waals surface area contributed by atoms with Crippen LogP contribution in [0.1, 0.15) is 18.6 Å². The number of halogens is 1. The first-order chi connectivity index (χ1) is 8.13. The van der Waals surface area contributed by atoms with Crippen LogP contribution in [0.4, 0.5) is 4.39 Å². The van der Waals surface area contributed by atoms with Gasteiger partial charge in [-0.15, -0.1) is 0 Å². The largest absolute Gasteiger partial charge is 0.486 e. The lowest BCUT2D eigenvalue weighted by atomic mass is 9.97. The summed E-state index contributed by atoms with van der Waals surface area (Å²) < 4.78 is 24.1. The second kappa shape index (κ2) is 4.89. The molecular formula is C12H15FO4. The zero-order chi connectivity index (χ0) is 12.4. The van der Waals surface area contributed by atoms with Gasteiger partial charge in [0.1, 0.15) is 13.2 Å². The molecule has 0 aromatic heterocycles. The summed E-state index contributed by atoms with van der Waals surface area (Å²) in [5.74, 6) is -0.530. The minimum Gasteiger partial charge on any atom is -0.486 e. The predicted molar refractivity (Wildman–Crippen MR) is 58.6 cm³/mol. The smallest absolute Gasteiger partial charge is 0.197 e. The van der Waals surface area contributed by atoms with E-state index in [0.717, 1.165) is 0 Å². The van der Waals surface area contributed by atoms with Crippen LogP contribution in [0.25, 0.3) is 0 Å². The number of ether oxygens (including phenoxy) is 2. The molecule has 4 nitrogen and oxygen atoms in total. The number of hydrogen-bond donors (Lipinski definition) is 2. The molecule has 17 heavy (non-hydrogen) atoms. The van der Waals surface area contributed by atoms with E-state index >= 15 is 0 Å². The van der Waals surface area contributed by atoms with Crippen LogP contribution in [-0.2, 0) is 0 Å². The summed E-state index contributed by atoms with van der Waals surface area (Å²) in [6, 6.07) is 2.76. The van der Waals surface area contributed by atoms with Crippen molar-refractivity contribution in [2.45, 2.75) is 13.0 Å². The van der Waals surface area contributed by atoms with Crippen LogP contribution in [0.5, 0.6) is 11.5 Å². The van der Waals surface area contributed by atoms with E-state index in [-0.39, 0.29) is 18.3 Å². The fraction of sp³-hybridized carbons (Fsp3) is 0.500. The van der Waals surface area contributed by atoms with E-state index in [4.69, 9.17) is 14.6 Å². The predicted octanol–water partition coefficient (Wildman–Crippen LogP) is 1.26. The monoisotopic (exact) mass is 242 g/mol. The first-order valence-electron chi connectivity index (χ1n) is 5.51. The van der Waals surface area contributed by atoms with Gasteiger partial charge in [0.15, 0.2) is 17.3 Å². The molecule has 2 atom stereocenters. The highest BCUT2D eigenvalue weighted by Crippen LogP contribution is 2.36. The minimum atomic E-state index is -0.926. The fourth-order valence-electron chi connectivity index (χ4n) is 1.73. The number of aliphatic hydroxyl groups excluding tert-OH is 2. The van der Waals surface area contributed by atoms with E-state index in [1.807, 2.05) is 0 Å². The Hall–Kier alpha value is -1.33. The van der Waals surface area contributed by atoms with Gasteiger partial charge in [-0.3, -0.25) is 0 Å². The highest BCUT2D eigenvalue weighted by Gasteiger charge is 2.22. The topological polar surface area (TPSA) is 58.9 Å². The number of aliphatic hydroxyl groups is 2. The van der Waals surface area contributed by atoms with Crippen molar-refractivity contribution in [3.05, 3.63) is 23.5 Å². The Labute approximate surface area is 98.6 Å². The van der Waals surface area contributed by atoms with Crippen molar-refractivity contribution in [1.29, 1.82) is 0 Å². The first-order valence-corrected chi connectivity index (χ1v) is 5.51. The molecule has 5 heteroatoms. The molecular weight excluding hydrogens is 227 g/mol. The molecule has 0 saturated carbocycles. The standard InChI is InChI=1S/C12H15FO4/c1-7(6-14)11(15)8-4-9(13)12-10(5-8)16-2-3-17-12/h4-5,7,11,14-15H,2-3,6H2,1H3/t7-,11+/m1/s1. The van der Waals surface area contributed by atoms with Crippen molar-refractivity contribution in [2.75, 3.05) is 19.8 Å². The lowest BCUT2D eigenvalue weighted by molar-refractivity contribution is 0.0759. The molecule has 1 heterocycles. The van der Waals surface area contributed by atoms with Gasteiger partial charge in [0, 0.05) is 12.5 Å². The van der Waals surface area contributed by atoms with Crippen LogP contribution < -0.4 is 9.47 Å². The molecule has 1 aromatic rings. The summed E-state index contributed by atoms with van der Waals surface area (Å²) in [7, 11) is 0. The summed E-state index contributed by atoms with van der Waals surface area (Å²) >= 11 is 0. The fourth-order valence-corrected chi connectivity index (χ4v) is 1.73. The SMILES string of the molecule is C[C@H](CO)[C@H](O)c1cc(F)c2c(c1)OCCO2.